The van der Waals surface area contributed by atoms with Crippen molar-refractivity contribution >= 4 is 17.9 Å². The number of hydrogen-bond acceptors (Lipinski definition) is 2. The molecule has 0 spiro atoms. The van der Waals surface area contributed by atoms with Gasteiger partial charge in [0.15, 0.2) is 6.29 Å². The van der Waals surface area contributed by atoms with E-state index >= 15 is 0 Å². The van der Waals surface area contributed by atoms with E-state index in [4.69, 9.17) is 11.6 Å². The Kier molecular flexibility index (Phi) is 3.47. The van der Waals surface area contributed by atoms with Crippen molar-refractivity contribution in [3.63, 3.8) is 0 Å². The predicted molar refractivity (Wildman–Crippen MR) is 44.6 cm³/mol. The molecule has 0 aliphatic carbocycles. The molecule has 0 amide bonds. The number of rotatable bonds is 2. The summed E-state index contributed by atoms with van der Waals surface area (Å²) in [7, 11) is 0. The Hall–Kier alpha value is -1.24. The van der Waals surface area contributed by atoms with Crippen molar-refractivity contribution in [2.45, 2.75) is 12.6 Å². The molecule has 0 atom stereocenters. The Morgan fingerprint density at radius 3 is 2.31 bits per heavy atom. The van der Waals surface area contributed by atoms with E-state index in [1.165, 1.54) is 0 Å². The summed E-state index contributed by atoms with van der Waals surface area (Å²) in [6, 6.07) is 0.129. The second kappa shape index (κ2) is 4.32. The van der Waals surface area contributed by atoms with Crippen LogP contribution >= 0.6 is 11.6 Å². The van der Waals surface area contributed by atoms with Crippen molar-refractivity contribution in [2.24, 2.45) is 0 Å². The van der Waals surface area contributed by atoms with Crippen LogP contribution < -0.4 is 0 Å². The maximum absolute atomic E-state index is 12.3. The van der Waals surface area contributed by atoms with Crippen LogP contribution in [0.4, 0.5) is 22.0 Å². The quantitative estimate of drug-likeness (QED) is 0.462. The number of carbonyl (C=O) groups excluding carboxylic acids is 1. The molecule has 0 unspecified atom stereocenters. The second-order valence-electron chi connectivity index (χ2n) is 2.72. The fraction of sp³-hybridized carbons (Fsp3) is 0.250. The van der Waals surface area contributed by atoms with E-state index in [0.29, 0.717) is 0 Å². The summed E-state index contributed by atoms with van der Waals surface area (Å²) < 4.78 is 61.5. The van der Waals surface area contributed by atoms with Crippen LogP contribution in [0.25, 0.3) is 0 Å². The molecule has 16 heavy (non-hydrogen) atoms. The summed E-state index contributed by atoms with van der Waals surface area (Å²) in [5.74, 6) is 0. The van der Waals surface area contributed by atoms with Crippen LogP contribution in [-0.4, -0.2) is 11.3 Å². The van der Waals surface area contributed by atoms with Crippen molar-refractivity contribution in [3.8, 4) is 0 Å². The molecule has 0 radical (unpaired) electrons. The largest absolute Gasteiger partial charge is 0.418 e. The Labute approximate surface area is 91.0 Å². The summed E-state index contributed by atoms with van der Waals surface area (Å²) in [5.41, 5.74) is -3.59. The maximum atomic E-state index is 12.3. The zero-order chi connectivity index (χ0) is 12.5. The van der Waals surface area contributed by atoms with Gasteiger partial charge in [0.2, 0.25) is 0 Å². The topological polar surface area (TPSA) is 30.0 Å². The average Bonchev–Trinajstić information content (AvgIpc) is 2.14. The van der Waals surface area contributed by atoms with Gasteiger partial charge >= 0.3 is 6.18 Å². The van der Waals surface area contributed by atoms with Crippen LogP contribution in [0.3, 0.4) is 0 Å². The highest BCUT2D eigenvalue weighted by atomic mass is 35.5. The van der Waals surface area contributed by atoms with E-state index in [1.807, 2.05) is 0 Å². The first kappa shape index (κ1) is 12.8. The number of aldehydes is 1. The molecule has 0 fully saturated rings. The Bertz CT molecular complexity index is 418. The highest BCUT2D eigenvalue weighted by molar-refractivity contribution is 6.30. The molecule has 1 aromatic heterocycles. The van der Waals surface area contributed by atoms with E-state index in [-0.39, 0.29) is 12.4 Å². The minimum atomic E-state index is -4.93. The van der Waals surface area contributed by atoms with Gasteiger partial charge in [0.1, 0.15) is 10.8 Å². The smallest absolute Gasteiger partial charge is 0.296 e. The number of pyridine rings is 1. The number of halogens is 6. The molecular weight excluding hydrogens is 257 g/mol. The fourth-order valence-corrected chi connectivity index (χ4v) is 1.22. The lowest BCUT2D eigenvalue weighted by Gasteiger charge is -2.11. The first-order chi connectivity index (χ1) is 7.27. The molecule has 0 N–H and O–H groups in total. The number of alkyl halides is 5. The van der Waals surface area contributed by atoms with Gasteiger partial charge in [-0.05, 0) is 6.07 Å². The van der Waals surface area contributed by atoms with Crippen molar-refractivity contribution < 1.29 is 26.7 Å². The van der Waals surface area contributed by atoms with Crippen molar-refractivity contribution in [1.82, 2.24) is 4.98 Å². The SMILES string of the molecule is O=Cc1nc(Cl)c(C(F)F)cc1C(F)(F)F. The van der Waals surface area contributed by atoms with Gasteiger partial charge in [-0.25, -0.2) is 13.8 Å². The van der Waals surface area contributed by atoms with Gasteiger partial charge in [-0.15, -0.1) is 0 Å². The van der Waals surface area contributed by atoms with Gasteiger partial charge < -0.3 is 0 Å². The molecule has 1 rings (SSSR count). The van der Waals surface area contributed by atoms with Crippen LogP contribution in [-0.2, 0) is 6.18 Å². The highest BCUT2D eigenvalue weighted by Gasteiger charge is 2.36. The van der Waals surface area contributed by atoms with Crippen molar-refractivity contribution in [3.05, 3.63) is 28.0 Å². The Balaban J connectivity index is 3.47. The van der Waals surface area contributed by atoms with Gasteiger partial charge in [-0.1, -0.05) is 11.6 Å². The van der Waals surface area contributed by atoms with Gasteiger partial charge in [0, 0.05) is 0 Å². The van der Waals surface area contributed by atoms with Gasteiger partial charge in [-0.2, -0.15) is 13.2 Å². The maximum Gasteiger partial charge on any atom is 0.418 e. The monoisotopic (exact) mass is 259 g/mol. The minimum absolute atomic E-state index is 0.129. The van der Waals surface area contributed by atoms with Crippen LogP contribution in [0.15, 0.2) is 6.07 Å². The minimum Gasteiger partial charge on any atom is -0.296 e. The summed E-state index contributed by atoms with van der Waals surface area (Å²) >= 11 is 5.21. The fourth-order valence-electron chi connectivity index (χ4n) is 0.989. The lowest BCUT2D eigenvalue weighted by molar-refractivity contribution is -0.138. The molecule has 0 aromatic carbocycles. The van der Waals surface area contributed by atoms with Crippen molar-refractivity contribution in [1.29, 1.82) is 0 Å². The third kappa shape index (κ3) is 2.46. The van der Waals surface area contributed by atoms with Crippen LogP contribution in [0.1, 0.15) is 28.0 Å². The molecular formula is C8H3ClF5NO. The van der Waals surface area contributed by atoms with Gasteiger partial charge in [0.05, 0.1) is 11.1 Å². The zero-order valence-electron chi connectivity index (χ0n) is 7.36. The van der Waals surface area contributed by atoms with E-state index in [2.05, 4.69) is 4.98 Å². The number of hydrogen-bond donors (Lipinski definition) is 0. The van der Waals surface area contributed by atoms with Gasteiger partial charge in [0.25, 0.3) is 6.43 Å². The predicted octanol–water partition coefficient (Wildman–Crippen LogP) is 3.50. The van der Waals surface area contributed by atoms with Gasteiger partial charge in [-0.3, -0.25) is 4.79 Å². The average molecular weight is 260 g/mol. The molecule has 0 bridgehead atoms. The standard InChI is InChI=1S/C8H3ClF5NO/c9-6-3(7(10)11)1-4(8(12,13)14)5(2-16)15-6/h1-2,7H. The second-order valence-corrected chi connectivity index (χ2v) is 3.08. The summed E-state index contributed by atoms with van der Waals surface area (Å²) in [6.45, 7) is 0. The zero-order valence-corrected chi connectivity index (χ0v) is 8.11. The summed E-state index contributed by atoms with van der Waals surface area (Å²) in [4.78, 5) is 13.3. The molecule has 1 aromatic rings. The van der Waals surface area contributed by atoms with Crippen LogP contribution in [0.2, 0.25) is 5.15 Å². The highest BCUT2D eigenvalue weighted by Crippen LogP contribution is 2.35. The molecule has 0 aliphatic heterocycles. The third-order valence-corrected chi connectivity index (χ3v) is 1.99. The number of aromatic nitrogens is 1. The van der Waals surface area contributed by atoms with Crippen LogP contribution in [0, 0.1) is 0 Å². The Morgan fingerprint density at radius 1 is 1.38 bits per heavy atom. The first-order valence-electron chi connectivity index (χ1n) is 3.78. The lowest BCUT2D eigenvalue weighted by Crippen LogP contribution is -2.12. The first-order valence-corrected chi connectivity index (χ1v) is 4.16. The Morgan fingerprint density at radius 2 is 1.94 bits per heavy atom. The summed E-state index contributed by atoms with van der Waals surface area (Å²) in [6.07, 6.45) is -8.32. The van der Waals surface area contributed by atoms with E-state index in [0.717, 1.165) is 0 Å². The molecule has 8 heteroatoms. The van der Waals surface area contributed by atoms with E-state index < -0.39 is 34.6 Å². The normalized spacial score (nSPS) is 11.9. The van der Waals surface area contributed by atoms with E-state index in [9.17, 15) is 26.7 Å². The number of carbonyl (C=O) groups is 1. The number of nitrogens with zero attached hydrogens (tertiary/aromatic N) is 1. The molecule has 1 heterocycles. The van der Waals surface area contributed by atoms with E-state index in [1.54, 1.807) is 0 Å². The molecule has 88 valence electrons. The van der Waals surface area contributed by atoms with Crippen LogP contribution in [0.5, 0.6) is 0 Å². The molecule has 0 saturated carbocycles. The molecule has 2 nitrogen and oxygen atoms in total. The molecule has 0 saturated heterocycles. The summed E-state index contributed by atoms with van der Waals surface area (Å²) in [5, 5.41) is -0.815. The lowest BCUT2D eigenvalue weighted by atomic mass is 10.1. The third-order valence-electron chi connectivity index (χ3n) is 1.68. The van der Waals surface area contributed by atoms with Crippen molar-refractivity contribution in [2.75, 3.05) is 0 Å². The molecule has 0 aliphatic rings.